The van der Waals surface area contributed by atoms with Gasteiger partial charge in [0, 0.05) is 6.54 Å². The van der Waals surface area contributed by atoms with Gasteiger partial charge in [-0.25, -0.2) is 17.9 Å². The van der Waals surface area contributed by atoms with Crippen molar-refractivity contribution >= 4 is 16.0 Å². The van der Waals surface area contributed by atoms with Crippen LogP contribution in [0.15, 0.2) is 21.6 Å². The Morgan fingerprint density at radius 3 is 2.48 bits per heavy atom. The minimum Gasteiger partial charge on any atom is -0.475 e. The number of carboxylic acids is 1. The average Bonchev–Trinajstić information content (AvgIpc) is 2.87. The molecule has 0 radical (unpaired) electrons. The van der Waals surface area contributed by atoms with E-state index in [-0.39, 0.29) is 10.9 Å². The maximum atomic E-state index is 11.8. The molecule has 1 aromatic rings. The largest absolute Gasteiger partial charge is 0.475 e. The fraction of sp³-hybridized carbons (Fsp3) is 0.643. The summed E-state index contributed by atoms with van der Waals surface area (Å²) in [5.74, 6) is -0.975. The molecule has 120 valence electrons. The van der Waals surface area contributed by atoms with Crippen molar-refractivity contribution in [3.8, 4) is 0 Å². The van der Waals surface area contributed by atoms with Crippen molar-refractivity contribution in [2.45, 2.75) is 51.0 Å². The van der Waals surface area contributed by atoms with E-state index in [0.717, 1.165) is 37.8 Å². The van der Waals surface area contributed by atoms with Gasteiger partial charge in [0.25, 0.3) is 10.0 Å². The highest BCUT2D eigenvalue weighted by Crippen LogP contribution is 2.14. The van der Waals surface area contributed by atoms with Gasteiger partial charge in [-0.15, -0.1) is 0 Å². The van der Waals surface area contributed by atoms with Crippen LogP contribution in [0.2, 0.25) is 0 Å². The summed E-state index contributed by atoms with van der Waals surface area (Å²) in [4.78, 5) is 10.6. The van der Waals surface area contributed by atoms with E-state index in [2.05, 4.69) is 18.6 Å². The number of furan rings is 1. The third kappa shape index (κ3) is 6.31. The Hall–Kier alpha value is -1.34. The summed E-state index contributed by atoms with van der Waals surface area (Å²) in [7, 11) is -3.76. The summed E-state index contributed by atoms with van der Waals surface area (Å²) in [6.07, 6.45) is 5.15. The normalized spacial score (nSPS) is 12.0. The van der Waals surface area contributed by atoms with Crippen molar-refractivity contribution in [2.75, 3.05) is 6.54 Å². The standard InChI is InChI=1S/C14H23NO5S/c1-11(2)7-5-3-4-6-10-15-21(18,19)13-9-8-12(20-13)14(16)17/h8-9,11,15H,3-7,10H2,1-2H3,(H,16,17). The van der Waals surface area contributed by atoms with Gasteiger partial charge in [-0.1, -0.05) is 39.5 Å². The lowest BCUT2D eigenvalue weighted by Gasteiger charge is -2.05. The average molecular weight is 317 g/mol. The molecule has 21 heavy (non-hydrogen) atoms. The minimum absolute atomic E-state index is 0.327. The van der Waals surface area contributed by atoms with Crippen LogP contribution in [-0.2, 0) is 10.0 Å². The second-order valence-corrected chi connectivity index (χ2v) is 7.12. The second kappa shape index (κ2) is 8.19. The van der Waals surface area contributed by atoms with Crippen LogP contribution in [0.4, 0.5) is 0 Å². The minimum atomic E-state index is -3.76. The van der Waals surface area contributed by atoms with E-state index in [4.69, 9.17) is 9.52 Å². The van der Waals surface area contributed by atoms with Gasteiger partial charge in [-0.05, 0) is 24.5 Å². The number of sulfonamides is 1. The van der Waals surface area contributed by atoms with Crippen molar-refractivity contribution in [2.24, 2.45) is 5.92 Å². The van der Waals surface area contributed by atoms with Crippen molar-refractivity contribution in [3.63, 3.8) is 0 Å². The molecule has 0 amide bonds. The van der Waals surface area contributed by atoms with Crippen LogP contribution in [0.3, 0.4) is 0 Å². The lowest BCUT2D eigenvalue weighted by Crippen LogP contribution is -2.24. The zero-order chi connectivity index (χ0) is 15.9. The summed E-state index contributed by atoms with van der Waals surface area (Å²) >= 11 is 0. The van der Waals surface area contributed by atoms with Gasteiger partial charge >= 0.3 is 5.97 Å². The Bertz CT molecular complexity index is 547. The summed E-state index contributed by atoms with van der Waals surface area (Å²) in [5.41, 5.74) is 0. The molecule has 0 saturated carbocycles. The summed E-state index contributed by atoms with van der Waals surface area (Å²) < 4.78 is 30.9. The van der Waals surface area contributed by atoms with Crippen molar-refractivity contribution < 1.29 is 22.7 Å². The van der Waals surface area contributed by atoms with E-state index < -0.39 is 16.0 Å². The number of hydrogen-bond acceptors (Lipinski definition) is 4. The van der Waals surface area contributed by atoms with Gasteiger partial charge in [0.15, 0.2) is 0 Å². The molecule has 0 aliphatic carbocycles. The van der Waals surface area contributed by atoms with Crippen LogP contribution in [0, 0.1) is 5.92 Å². The van der Waals surface area contributed by atoms with E-state index in [0.29, 0.717) is 12.5 Å². The lowest BCUT2D eigenvalue weighted by molar-refractivity contribution is 0.0656. The number of rotatable bonds is 10. The summed E-state index contributed by atoms with van der Waals surface area (Å²) in [5, 5.41) is 8.33. The van der Waals surface area contributed by atoms with E-state index in [1.165, 1.54) is 6.42 Å². The SMILES string of the molecule is CC(C)CCCCCCNS(=O)(=O)c1ccc(C(=O)O)o1. The van der Waals surface area contributed by atoms with Crippen LogP contribution < -0.4 is 4.72 Å². The molecule has 0 saturated heterocycles. The molecule has 1 rings (SSSR count). The van der Waals surface area contributed by atoms with Crippen molar-refractivity contribution in [3.05, 3.63) is 17.9 Å². The molecular formula is C14H23NO5S. The van der Waals surface area contributed by atoms with Crippen LogP contribution in [0.25, 0.3) is 0 Å². The highest BCUT2D eigenvalue weighted by molar-refractivity contribution is 7.89. The molecule has 7 heteroatoms. The smallest absolute Gasteiger partial charge is 0.371 e. The van der Waals surface area contributed by atoms with Gasteiger partial charge in [0.2, 0.25) is 10.9 Å². The zero-order valence-electron chi connectivity index (χ0n) is 12.5. The first kappa shape index (κ1) is 17.7. The van der Waals surface area contributed by atoms with E-state index in [9.17, 15) is 13.2 Å². The Labute approximate surface area is 125 Å². The number of hydrogen-bond donors (Lipinski definition) is 2. The Morgan fingerprint density at radius 2 is 1.90 bits per heavy atom. The highest BCUT2D eigenvalue weighted by atomic mass is 32.2. The number of carboxylic acid groups (broad SMARTS) is 1. The molecule has 0 aliphatic rings. The third-order valence-corrected chi connectivity index (χ3v) is 4.39. The zero-order valence-corrected chi connectivity index (χ0v) is 13.3. The Kier molecular flexibility index (Phi) is 6.91. The quantitative estimate of drug-likeness (QED) is 0.647. The Morgan fingerprint density at radius 1 is 1.24 bits per heavy atom. The van der Waals surface area contributed by atoms with E-state index in [1.54, 1.807) is 0 Å². The number of unbranched alkanes of at least 4 members (excludes halogenated alkanes) is 3. The molecule has 0 aromatic carbocycles. The van der Waals surface area contributed by atoms with Crippen molar-refractivity contribution in [1.29, 1.82) is 0 Å². The molecular weight excluding hydrogens is 294 g/mol. The molecule has 0 bridgehead atoms. The van der Waals surface area contributed by atoms with Gasteiger partial charge in [0.05, 0.1) is 0 Å². The molecule has 1 aromatic heterocycles. The highest BCUT2D eigenvalue weighted by Gasteiger charge is 2.20. The first-order chi connectivity index (χ1) is 9.83. The molecule has 0 spiro atoms. The van der Waals surface area contributed by atoms with Gasteiger partial charge in [-0.2, -0.15) is 0 Å². The fourth-order valence-electron chi connectivity index (χ4n) is 1.89. The number of carbonyl (C=O) groups is 1. The van der Waals surface area contributed by atoms with Crippen LogP contribution in [0.1, 0.15) is 56.5 Å². The molecule has 6 nitrogen and oxygen atoms in total. The summed E-state index contributed by atoms with van der Waals surface area (Å²) in [6.45, 7) is 4.69. The molecule has 1 heterocycles. The first-order valence-electron chi connectivity index (χ1n) is 7.15. The maximum absolute atomic E-state index is 11.8. The first-order valence-corrected chi connectivity index (χ1v) is 8.64. The van der Waals surface area contributed by atoms with Crippen LogP contribution >= 0.6 is 0 Å². The summed E-state index contributed by atoms with van der Waals surface area (Å²) in [6, 6.07) is 2.28. The third-order valence-electron chi connectivity index (χ3n) is 3.06. The lowest BCUT2D eigenvalue weighted by atomic mass is 10.0. The predicted molar refractivity (Wildman–Crippen MR) is 78.8 cm³/mol. The number of nitrogens with one attached hydrogen (secondary N) is 1. The topological polar surface area (TPSA) is 96.6 Å². The van der Waals surface area contributed by atoms with Crippen LogP contribution in [0.5, 0.6) is 0 Å². The van der Waals surface area contributed by atoms with Gasteiger partial charge in [-0.3, -0.25) is 0 Å². The molecule has 0 fully saturated rings. The van der Waals surface area contributed by atoms with Crippen LogP contribution in [-0.4, -0.2) is 26.0 Å². The molecule has 0 aliphatic heterocycles. The maximum Gasteiger partial charge on any atom is 0.371 e. The monoisotopic (exact) mass is 317 g/mol. The van der Waals surface area contributed by atoms with Crippen molar-refractivity contribution in [1.82, 2.24) is 4.72 Å². The molecule has 2 N–H and O–H groups in total. The number of aromatic carboxylic acids is 1. The fourth-order valence-corrected chi connectivity index (χ4v) is 2.89. The van der Waals surface area contributed by atoms with E-state index in [1.807, 2.05) is 0 Å². The van der Waals surface area contributed by atoms with E-state index >= 15 is 0 Å². The van der Waals surface area contributed by atoms with Gasteiger partial charge in [0.1, 0.15) is 0 Å². The molecule has 0 atom stereocenters. The van der Waals surface area contributed by atoms with Gasteiger partial charge < -0.3 is 9.52 Å². The molecule has 0 unspecified atom stereocenters. The predicted octanol–water partition coefficient (Wildman–Crippen LogP) is 2.86. The second-order valence-electron chi connectivity index (χ2n) is 5.42. The Balaban J connectivity index is 2.31.